The molecule has 0 saturated carbocycles. The third kappa shape index (κ3) is 2.86. The minimum absolute atomic E-state index is 0.515. The zero-order valence-corrected chi connectivity index (χ0v) is 12.9. The molecular weight excluding hydrogens is 280 g/mol. The van der Waals surface area contributed by atoms with Crippen LogP contribution in [0.2, 0.25) is 0 Å². The van der Waals surface area contributed by atoms with Gasteiger partial charge < -0.3 is 9.15 Å². The van der Waals surface area contributed by atoms with E-state index in [2.05, 4.69) is 15.3 Å². The number of rotatable bonds is 5. The zero-order valence-electron chi connectivity index (χ0n) is 12.9. The monoisotopic (exact) mass is 298 g/mol. The Balaban J connectivity index is 1.79. The first kappa shape index (κ1) is 14.3. The van der Waals surface area contributed by atoms with Crippen molar-refractivity contribution in [2.24, 2.45) is 0 Å². The lowest BCUT2D eigenvalue weighted by atomic mass is 10.1. The Labute approximate surface area is 128 Å². The molecule has 3 rings (SSSR count). The summed E-state index contributed by atoms with van der Waals surface area (Å²) in [4.78, 5) is 0. The third-order valence-corrected chi connectivity index (χ3v) is 3.48. The molecule has 0 unspecified atom stereocenters. The molecule has 114 valence electrons. The maximum atomic E-state index is 5.76. The van der Waals surface area contributed by atoms with Crippen LogP contribution in [0.25, 0.3) is 11.5 Å². The Morgan fingerprint density at radius 1 is 1.18 bits per heavy atom. The summed E-state index contributed by atoms with van der Waals surface area (Å²) in [5, 5.41) is 12.6. The SMILES string of the molecule is CCn1cc(-c2nnc(Cc3ccc(OC)cc3)o2)c(C)n1. The summed E-state index contributed by atoms with van der Waals surface area (Å²) in [6, 6.07) is 7.82. The van der Waals surface area contributed by atoms with Gasteiger partial charge in [-0.05, 0) is 31.5 Å². The van der Waals surface area contributed by atoms with Gasteiger partial charge in [-0.3, -0.25) is 4.68 Å². The summed E-state index contributed by atoms with van der Waals surface area (Å²) in [5.41, 5.74) is 2.87. The van der Waals surface area contributed by atoms with Gasteiger partial charge in [-0.15, -0.1) is 10.2 Å². The van der Waals surface area contributed by atoms with E-state index in [4.69, 9.17) is 9.15 Å². The van der Waals surface area contributed by atoms with Crippen molar-refractivity contribution in [3.8, 4) is 17.2 Å². The fourth-order valence-corrected chi connectivity index (χ4v) is 2.24. The Kier molecular flexibility index (Phi) is 3.91. The fraction of sp³-hybridized carbons (Fsp3) is 0.312. The van der Waals surface area contributed by atoms with Crippen LogP contribution in [0.3, 0.4) is 0 Å². The highest BCUT2D eigenvalue weighted by Crippen LogP contribution is 2.22. The molecule has 1 aromatic carbocycles. The van der Waals surface area contributed by atoms with Crippen molar-refractivity contribution in [2.45, 2.75) is 26.8 Å². The van der Waals surface area contributed by atoms with Gasteiger partial charge in [0.2, 0.25) is 5.89 Å². The molecule has 6 nitrogen and oxygen atoms in total. The van der Waals surface area contributed by atoms with Crippen LogP contribution in [0.1, 0.15) is 24.1 Å². The van der Waals surface area contributed by atoms with Crippen molar-refractivity contribution in [3.05, 3.63) is 47.6 Å². The first-order valence-electron chi connectivity index (χ1n) is 7.19. The van der Waals surface area contributed by atoms with Crippen LogP contribution in [0, 0.1) is 6.92 Å². The molecule has 0 radical (unpaired) electrons. The molecule has 0 N–H and O–H groups in total. The van der Waals surface area contributed by atoms with E-state index in [1.54, 1.807) is 7.11 Å². The standard InChI is InChI=1S/C16H18N4O2/c1-4-20-10-14(11(2)19-20)16-18-17-15(22-16)9-12-5-7-13(21-3)8-6-12/h5-8,10H,4,9H2,1-3H3. The summed E-state index contributed by atoms with van der Waals surface area (Å²) in [6.45, 7) is 4.79. The van der Waals surface area contributed by atoms with Crippen molar-refractivity contribution in [1.82, 2.24) is 20.0 Å². The maximum absolute atomic E-state index is 5.76. The summed E-state index contributed by atoms with van der Waals surface area (Å²) in [7, 11) is 1.65. The summed E-state index contributed by atoms with van der Waals surface area (Å²) in [6.07, 6.45) is 2.53. The summed E-state index contributed by atoms with van der Waals surface area (Å²) >= 11 is 0. The predicted octanol–water partition coefficient (Wildman–Crippen LogP) is 2.86. The van der Waals surface area contributed by atoms with E-state index in [9.17, 15) is 0 Å². The molecule has 2 heterocycles. The van der Waals surface area contributed by atoms with Crippen LogP contribution < -0.4 is 4.74 Å². The van der Waals surface area contributed by atoms with Crippen molar-refractivity contribution in [1.29, 1.82) is 0 Å². The van der Waals surface area contributed by atoms with E-state index in [1.165, 1.54) is 0 Å². The van der Waals surface area contributed by atoms with E-state index in [1.807, 2.05) is 49.0 Å². The summed E-state index contributed by atoms with van der Waals surface area (Å²) < 4.78 is 12.8. The normalized spacial score (nSPS) is 10.9. The molecule has 2 aromatic heterocycles. The van der Waals surface area contributed by atoms with Gasteiger partial charge in [0.15, 0.2) is 0 Å². The summed E-state index contributed by atoms with van der Waals surface area (Å²) in [5.74, 6) is 1.93. The maximum Gasteiger partial charge on any atom is 0.251 e. The average molecular weight is 298 g/mol. The van der Waals surface area contributed by atoms with Gasteiger partial charge in [-0.1, -0.05) is 12.1 Å². The number of benzene rings is 1. The smallest absolute Gasteiger partial charge is 0.251 e. The quantitative estimate of drug-likeness (QED) is 0.724. The van der Waals surface area contributed by atoms with Crippen molar-refractivity contribution in [2.75, 3.05) is 7.11 Å². The zero-order chi connectivity index (χ0) is 15.5. The van der Waals surface area contributed by atoms with E-state index in [-0.39, 0.29) is 0 Å². The van der Waals surface area contributed by atoms with Crippen LogP contribution >= 0.6 is 0 Å². The minimum atomic E-state index is 0.515. The lowest BCUT2D eigenvalue weighted by molar-refractivity contribution is 0.414. The number of aromatic nitrogens is 4. The number of aryl methyl sites for hydroxylation is 2. The van der Waals surface area contributed by atoms with Crippen LogP contribution in [0.15, 0.2) is 34.9 Å². The predicted molar refractivity (Wildman–Crippen MR) is 81.7 cm³/mol. The average Bonchev–Trinajstić information content (AvgIpc) is 3.14. The van der Waals surface area contributed by atoms with Gasteiger partial charge in [-0.25, -0.2) is 0 Å². The van der Waals surface area contributed by atoms with Crippen LogP contribution in [-0.2, 0) is 13.0 Å². The number of nitrogens with zero attached hydrogens (tertiary/aromatic N) is 4. The lowest BCUT2D eigenvalue weighted by Gasteiger charge is -2.00. The van der Waals surface area contributed by atoms with Crippen molar-refractivity contribution >= 4 is 0 Å². The van der Waals surface area contributed by atoms with Gasteiger partial charge >= 0.3 is 0 Å². The topological polar surface area (TPSA) is 66.0 Å². The van der Waals surface area contributed by atoms with Crippen LogP contribution in [-0.4, -0.2) is 27.1 Å². The van der Waals surface area contributed by atoms with Crippen LogP contribution in [0.5, 0.6) is 5.75 Å². The molecule has 0 atom stereocenters. The van der Waals surface area contributed by atoms with E-state index >= 15 is 0 Å². The highest BCUT2D eigenvalue weighted by atomic mass is 16.5. The van der Waals surface area contributed by atoms with Crippen molar-refractivity contribution in [3.63, 3.8) is 0 Å². The number of hydrogen-bond acceptors (Lipinski definition) is 5. The van der Waals surface area contributed by atoms with E-state index in [0.717, 1.165) is 29.1 Å². The van der Waals surface area contributed by atoms with Gasteiger partial charge in [0.1, 0.15) is 5.75 Å². The van der Waals surface area contributed by atoms with Crippen LogP contribution in [0.4, 0.5) is 0 Å². The Hall–Kier alpha value is -2.63. The molecule has 0 aliphatic heterocycles. The third-order valence-electron chi connectivity index (χ3n) is 3.48. The Morgan fingerprint density at radius 3 is 2.59 bits per heavy atom. The molecule has 0 spiro atoms. The minimum Gasteiger partial charge on any atom is -0.497 e. The van der Waals surface area contributed by atoms with Gasteiger partial charge in [0.25, 0.3) is 5.89 Å². The molecule has 0 fully saturated rings. The number of hydrogen-bond donors (Lipinski definition) is 0. The first-order chi connectivity index (χ1) is 10.7. The molecular formula is C16H18N4O2. The molecule has 6 heteroatoms. The van der Waals surface area contributed by atoms with Crippen molar-refractivity contribution < 1.29 is 9.15 Å². The van der Waals surface area contributed by atoms with E-state index < -0.39 is 0 Å². The lowest BCUT2D eigenvalue weighted by Crippen LogP contribution is -1.93. The van der Waals surface area contributed by atoms with E-state index in [0.29, 0.717) is 18.2 Å². The second kappa shape index (κ2) is 6.01. The molecule has 22 heavy (non-hydrogen) atoms. The highest BCUT2D eigenvalue weighted by molar-refractivity contribution is 5.54. The molecule has 0 aliphatic rings. The molecule has 0 aliphatic carbocycles. The second-order valence-electron chi connectivity index (χ2n) is 5.01. The molecule has 0 amide bonds. The largest absolute Gasteiger partial charge is 0.497 e. The molecule has 0 bridgehead atoms. The molecule has 3 aromatic rings. The second-order valence-corrected chi connectivity index (χ2v) is 5.01. The molecule has 0 saturated heterocycles. The van der Waals surface area contributed by atoms with Gasteiger partial charge in [0, 0.05) is 12.7 Å². The van der Waals surface area contributed by atoms with Gasteiger partial charge in [-0.2, -0.15) is 5.10 Å². The Morgan fingerprint density at radius 2 is 1.95 bits per heavy atom. The number of methoxy groups -OCH3 is 1. The Bertz CT molecular complexity index is 759. The highest BCUT2D eigenvalue weighted by Gasteiger charge is 2.14. The fourth-order valence-electron chi connectivity index (χ4n) is 2.24. The number of ether oxygens (including phenoxy) is 1. The van der Waals surface area contributed by atoms with Gasteiger partial charge in [0.05, 0.1) is 24.8 Å². The first-order valence-corrected chi connectivity index (χ1v) is 7.19.